The molecule has 0 spiro atoms. The molecule has 128 valence electrons. The van der Waals surface area contributed by atoms with Gasteiger partial charge in [-0.05, 0) is 56.4 Å². The van der Waals surface area contributed by atoms with Gasteiger partial charge in [-0.15, -0.1) is 0 Å². The van der Waals surface area contributed by atoms with Crippen molar-refractivity contribution in [1.82, 2.24) is 4.90 Å². The number of hydrogen-bond donors (Lipinski definition) is 0. The normalized spacial score (nSPS) is 15.0. The van der Waals surface area contributed by atoms with Crippen LogP contribution < -0.4 is 4.31 Å². The van der Waals surface area contributed by atoms with Gasteiger partial charge in [-0.25, -0.2) is 8.42 Å². The molecule has 0 radical (unpaired) electrons. The first-order valence-corrected chi connectivity index (χ1v) is 9.96. The minimum absolute atomic E-state index is 0.136. The number of likely N-dealkylation sites (tertiary alicyclic amines) is 1. The zero-order valence-electron chi connectivity index (χ0n) is 14.2. The van der Waals surface area contributed by atoms with Crippen LogP contribution in [0, 0.1) is 13.8 Å². The molecule has 1 saturated heterocycles. The van der Waals surface area contributed by atoms with E-state index in [4.69, 9.17) is 0 Å². The average molecular weight is 338 g/mol. The van der Waals surface area contributed by atoms with Crippen LogP contribution >= 0.6 is 0 Å². The van der Waals surface area contributed by atoms with E-state index in [0.29, 0.717) is 25.1 Å². The molecule has 1 aromatic rings. The Balaban J connectivity index is 2.03. The highest BCUT2D eigenvalue weighted by molar-refractivity contribution is 7.92. The summed E-state index contributed by atoms with van der Waals surface area (Å²) in [6, 6.07) is 5.76. The third-order valence-electron chi connectivity index (χ3n) is 4.11. The number of nitrogens with zero attached hydrogens (tertiary/aromatic N) is 2. The lowest BCUT2D eigenvalue weighted by Gasteiger charge is -2.24. The van der Waals surface area contributed by atoms with Gasteiger partial charge in [0.1, 0.15) is 0 Å². The third kappa shape index (κ3) is 4.96. The van der Waals surface area contributed by atoms with Gasteiger partial charge in [-0.2, -0.15) is 0 Å². The van der Waals surface area contributed by atoms with E-state index in [-0.39, 0.29) is 5.91 Å². The van der Waals surface area contributed by atoms with Gasteiger partial charge in [-0.3, -0.25) is 9.10 Å². The lowest BCUT2D eigenvalue weighted by molar-refractivity contribution is -0.130. The lowest BCUT2D eigenvalue weighted by Crippen LogP contribution is -2.33. The number of amides is 1. The molecular formula is C17H26N2O3S. The highest BCUT2D eigenvalue weighted by Crippen LogP contribution is 2.22. The van der Waals surface area contributed by atoms with Crippen molar-refractivity contribution in [2.75, 3.05) is 30.2 Å². The molecule has 0 aromatic heterocycles. The van der Waals surface area contributed by atoms with Crippen LogP contribution in [0.15, 0.2) is 18.2 Å². The number of hydrogen-bond acceptors (Lipinski definition) is 3. The van der Waals surface area contributed by atoms with E-state index in [0.717, 1.165) is 37.1 Å². The molecule has 0 N–H and O–H groups in total. The van der Waals surface area contributed by atoms with Gasteiger partial charge >= 0.3 is 0 Å². The fourth-order valence-electron chi connectivity index (χ4n) is 3.08. The molecule has 1 aliphatic rings. The van der Waals surface area contributed by atoms with Gasteiger partial charge in [0.25, 0.3) is 0 Å². The predicted molar refractivity (Wildman–Crippen MR) is 93.2 cm³/mol. The maximum atomic E-state index is 12.1. The Morgan fingerprint density at radius 2 is 1.70 bits per heavy atom. The van der Waals surface area contributed by atoms with Crippen molar-refractivity contribution in [2.24, 2.45) is 0 Å². The topological polar surface area (TPSA) is 57.7 Å². The first kappa shape index (κ1) is 17.8. The summed E-state index contributed by atoms with van der Waals surface area (Å²) in [4.78, 5) is 14.0. The minimum atomic E-state index is -3.36. The molecule has 0 saturated carbocycles. The SMILES string of the molecule is Cc1cc(C)cc(N(CCCC(=O)N2CCCC2)S(C)(=O)=O)c1. The second-order valence-electron chi connectivity index (χ2n) is 6.37. The van der Waals surface area contributed by atoms with Crippen LogP contribution in [-0.4, -0.2) is 45.1 Å². The highest BCUT2D eigenvalue weighted by Gasteiger charge is 2.20. The standard InChI is InChI=1S/C17H26N2O3S/c1-14-11-15(2)13-16(12-14)19(23(3,21)22)10-6-7-17(20)18-8-4-5-9-18/h11-13H,4-10H2,1-3H3. The Kier molecular flexibility index (Phi) is 5.68. The zero-order chi connectivity index (χ0) is 17.0. The number of benzene rings is 1. The zero-order valence-corrected chi connectivity index (χ0v) is 15.0. The van der Waals surface area contributed by atoms with Gasteiger partial charge < -0.3 is 4.90 Å². The average Bonchev–Trinajstić information content (AvgIpc) is 2.94. The molecule has 0 atom stereocenters. The van der Waals surface area contributed by atoms with Crippen LogP contribution in [0.1, 0.15) is 36.8 Å². The summed E-state index contributed by atoms with van der Waals surface area (Å²) in [5.74, 6) is 0.136. The van der Waals surface area contributed by atoms with E-state index < -0.39 is 10.0 Å². The molecule has 1 fully saturated rings. The number of carbonyl (C=O) groups excluding carboxylic acids is 1. The van der Waals surface area contributed by atoms with Crippen molar-refractivity contribution in [1.29, 1.82) is 0 Å². The summed E-state index contributed by atoms with van der Waals surface area (Å²) in [6.07, 6.45) is 4.30. The van der Waals surface area contributed by atoms with Crippen LogP contribution in [-0.2, 0) is 14.8 Å². The first-order valence-electron chi connectivity index (χ1n) is 8.11. The summed E-state index contributed by atoms with van der Waals surface area (Å²) in [5.41, 5.74) is 2.74. The van der Waals surface area contributed by atoms with Crippen LogP contribution in [0.2, 0.25) is 0 Å². The Morgan fingerprint density at radius 1 is 1.13 bits per heavy atom. The third-order valence-corrected chi connectivity index (χ3v) is 5.30. The fourth-order valence-corrected chi connectivity index (χ4v) is 4.03. The van der Waals surface area contributed by atoms with Crippen LogP contribution in [0.5, 0.6) is 0 Å². The molecule has 1 amide bonds. The molecule has 1 heterocycles. The van der Waals surface area contributed by atoms with Crippen molar-refractivity contribution < 1.29 is 13.2 Å². The minimum Gasteiger partial charge on any atom is -0.343 e. The largest absolute Gasteiger partial charge is 0.343 e. The summed E-state index contributed by atoms with van der Waals surface area (Å²) in [6.45, 7) is 5.92. The number of anilines is 1. The van der Waals surface area contributed by atoms with E-state index in [1.807, 2.05) is 36.9 Å². The van der Waals surface area contributed by atoms with Crippen LogP contribution in [0.25, 0.3) is 0 Å². The Labute approximate surface area is 139 Å². The first-order chi connectivity index (χ1) is 10.8. The molecule has 1 aliphatic heterocycles. The summed E-state index contributed by atoms with van der Waals surface area (Å²) < 4.78 is 25.6. The van der Waals surface area contributed by atoms with E-state index in [2.05, 4.69) is 0 Å². The summed E-state index contributed by atoms with van der Waals surface area (Å²) in [7, 11) is -3.36. The maximum absolute atomic E-state index is 12.1. The van der Waals surface area contributed by atoms with Gasteiger partial charge in [0, 0.05) is 26.1 Å². The van der Waals surface area contributed by atoms with E-state index in [9.17, 15) is 13.2 Å². The molecule has 23 heavy (non-hydrogen) atoms. The molecular weight excluding hydrogens is 312 g/mol. The van der Waals surface area contributed by atoms with E-state index in [1.165, 1.54) is 10.6 Å². The Morgan fingerprint density at radius 3 is 2.22 bits per heavy atom. The van der Waals surface area contributed by atoms with Crippen molar-refractivity contribution in [3.05, 3.63) is 29.3 Å². The van der Waals surface area contributed by atoms with Gasteiger partial charge in [-0.1, -0.05) is 6.07 Å². The van der Waals surface area contributed by atoms with Crippen LogP contribution in [0.3, 0.4) is 0 Å². The van der Waals surface area contributed by atoms with E-state index >= 15 is 0 Å². The number of carbonyl (C=O) groups is 1. The summed E-state index contributed by atoms with van der Waals surface area (Å²) >= 11 is 0. The van der Waals surface area contributed by atoms with Crippen LogP contribution in [0.4, 0.5) is 5.69 Å². The number of aryl methyl sites for hydroxylation is 2. The molecule has 1 aromatic carbocycles. The molecule has 5 nitrogen and oxygen atoms in total. The van der Waals surface area contributed by atoms with Crippen molar-refractivity contribution in [3.63, 3.8) is 0 Å². The smallest absolute Gasteiger partial charge is 0.232 e. The lowest BCUT2D eigenvalue weighted by atomic mass is 10.1. The molecule has 0 aliphatic carbocycles. The second-order valence-corrected chi connectivity index (χ2v) is 8.28. The van der Waals surface area contributed by atoms with Crippen molar-refractivity contribution in [2.45, 2.75) is 39.5 Å². The molecule has 0 unspecified atom stereocenters. The number of rotatable bonds is 6. The molecule has 6 heteroatoms. The highest BCUT2D eigenvalue weighted by atomic mass is 32.2. The number of sulfonamides is 1. The predicted octanol–water partition coefficient (Wildman–Crippen LogP) is 2.47. The van der Waals surface area contributed by atoms with E-state index in [1.54, 1.807) is 0 Å². The Hall–Kier alpha value is -1.56. The fraction of sp³-hybridized carbons (Fsp3) is 0.588. The summed E-state index contributed by atoms with van der Waals surface area (Å²) in [5, 5.41) is 0. The Bertz CT molecular complexity index is 644. The van der Waals surface area contributed by atoms with Gasteiger partial charge in [0.2, 0.25) is 15.9 Å². The second kappa shape index (κ2) is 7.34. The maximum Gasteiger partial charge on any atom is 0.232 e. The molecule has 0 bridgehead atoms. The van der Waals surface area contributed by atoms with Crippen molar-refractivity contribution in [3.8, 4) is 0 Å². The van der Waals surface area contributed by atoms with Crippen molar-refractivity contribution >= 4 is 21.6 Å². The van der Waals surface area contributed by atoms with Gasteiger partial charge in [0.15, 0.2) is 0 Å². The van der Waals surface area contributed by atoms with Gasteiger partial charge in [0.05, 0.1) is 11.9 Å². The quantitative estimate of drug-likeness (QED) is 0.801. The monoisotopic (exact) mass is 338 g/mol. The molecule has 2 rings (SSSR count).